The highest BCUT2D eigenvalue weighted by molar-refractivity contribution is 5.93. The van der Waals surface area contributed by atoms with Crippen molar-refractivity contribution in [2.45, 2.75) is 31.8 Å². The van der Waals surface area contributed by atoms with Gasteiger partial charge in [0.1, 0.15) is 17.1 Å². The van der Waals surface area contributed by atoms with Crippen LogP contribution in [-0.2, 0) is 0 Å². The van der Waals surface area contributed by atoms with Gasteiger partial charge < -0.3 is 13.7 Å². The molecule has 3 aromatic rings. The number of rotatable bonds is 4. The van der Waals surface area contributed by atoms with Gasteiger partial charge in [0.15, 0.2) is 0 Å². The van der Waals surface area contributed by atoms with Crippen molar-refractivity contribution < 1.29 is 9.21 Å². The summed E-state index contributed by atoms with van der Waals surface area (Å²) in [5.41, 5.74) is 1.27. The van der Waals surface area contributed by atoms with Gasteiger partial charge >= 0.3 is 0 Å². The van der Waals surface area contributed by atoms with Crippen molar-refractivity contribution in [1.29, 1.82) is 0 Å². The van der Waals surface area contributed by atoms with E-state index in [0.29, 0.717) is 5.69 Å². The number of hydrogen-bond donors (Lipinski definition) is 0. The van der Waals surface area contributed by atoms with Gasteiger partial charge in [-0.2, -0.15) is 0 Å². The first-order chi connectivity index (χ1) is 10.7. The first-order valence-corrected chi connectivity index (χ1v) is 7.54. The topological polar surface area (TPSA) is 50.8 Å². The van der Waals surface area contributed by atoms with Crippen LogP contribution in [0, 0.1) is 0 Å². The van der Waals surface area contributed by atoms with E-state index in [1.54, 1.807) is 12.5 Å². The second kappa shape index (κ2) is 5.02. The molecule has 0 saturated heterocycles. The molecule has 1 saturated carbocycles. The summed E-state index contributed by atoms with van der Waals surface area (Å²) in [5.74, 6) is 0.777. The van der Waals surface area contributed by atoms with Crippen molar-refractivity contribution >= 4 is 11.6 Å². The molecule has 3 aromatic heterocycles. The SMILES string of the molecule is CC(c1ccco1)N(C(=O)c1cn2ccccc2n1)C1CC1. The van der Waals surface area contributed by atoms with E-state index in [-0.39, 0.29) is 18.0 Å². The molecule has 4 rings (SSSR count). The molecule has 0 N–H and O–H groups in total. The predicted molar refractivity (Wildman–Crippen MR) is 81.5 cm³/mol. The molecule has 1 amide bonds. The molecule has 0 radical (unpaired) electrons. The molecule has 0 spiro atoms. The minimum absolute atomic E-state index is 0.0323. The highest BCUT2D eigenvalue weighted by atomic mass is 16.3. The fourth-order valence-electron chi connectivity index (χ4n) is 2.85. The highest BCUT2D eigenvalue weighted by Gasteiger charge is 2.38. The number of furan rings is 1. The normalized spacial score (nSPS) is 15.9. The van der Waals surface area contributed by atoms with Crippen LogP contribution in [0.15, 0.2) is 53.4 Å². The third-order valence-electron chi connectivity index (χ3n) is 4.13. The molecule has 1 atom stereocenters. The van der Waals surface area contributed by atoms with Gasteiger partial charge in [-0.25, -0.2) is 4.98 Å². The molecular formula is C17H17N3O2. The van der Waals surface area contributed by atoms with Gasteiger partial charge in [-0.3, -0.25) is 4.79 Å². The van der Waals surface area contributed by atoms with Crippen LogP contribution in [-0.4, -0.2) is 26.2 Å². The Morgan fingerprint density at radius 3 is 2.91 bits per heavy atom. The summed E-state index contributed by atoms with van der Waals surface area (Å²) >= 11 is 0. The van der Waals surface area contributed by atoms with E-state index in [2.05, 4.69) is 4.98 Å². The number of imidazole rings is 1. The van der Waals surface area contributed by atoms with Crippen LogP contribution in [0.2, 0.25) is 0 Å². The summed E-state index contributed by atoms with van der Waals surface area (Å²) in [4.78, 5) is 19.3. The smallest absolute Gasteiger partial charge is 0.274 e. The molecule has 0 bridgehead atoms. The third kappa shape index (κ3) is 2.19. The quantitative estimate of drug-likeness (QED) is 0.742. The lowest BCUT2D eigenvalue weighted by molar-refractivity contribution is 0.0647. The Balaban J connectivity index is 1.68. The number of pyridine rings is 1. The molecule has 5 heteroatoms. The number of fused-ring (bicyclic) bond motifs is 1. The summed E-state index contributed by atoms with van der Waals surface area (Å²) in [5, 5.41) is 0. The Morgan fingerprint density at radius 1 is 1.36 bits per heavy atom. The first kappa shape index (κ1) is 13.1. The van der Waals surface area contributed by atoms with Gasteiger partial charge in [0.05, 0.1) is 12.3 Å². The lowest BCUT2D eigenvalue weighted by Gasteiger charge is -2.27. The van der Waals surface area contributed by atoms with E-state index < -0.39 is 0 Å². The van der Waals surface area contributed by atoms with E-state index in [9.17, 15) is 4.79 Å². The maximum Gasteiger partial charge on any atom is 0.274 e. The van der Waals surface area contributed by atoms with Crippen molar-refractivity contribution in [2.75, 3.05) is 0 Å². The Morgan fingerprint density at radius 2 is 2.23 bits per heavy atom. The van der Waals surface area contributed by atoms with Gasteiger partial charge in [-0.05, 0) is 44.0 Å². The average molecular weight is 295 g/mol. The minimum Gasteiger partial charge on any atom is -0.467 e. The van der Waals surface area contributed by atoms with Gasteiger partial charge in [-0.1, -0.05) is 6.07 Å². The number of carbonyl (C=O) groups excluding carboxylic acids is 1. The van der Waals surface area contributed by atoms with Crippen molar-refractivity contribution in [3.8, 4) is 0 Å². The summed E-state index contributed by atoms with van der Waals surface area (Å²) in [6.45, 7) is 2.00. The van der Waals surface area contributed by atoms with E-state index >= 15 is 0 Å². The van der Waals surface area contributed by atoms with Crippen LogP contribution in [0.5, 0.6) is 0 Å². The van der Waals surface area contributed by atoms with Crippen LogP contribution in [0.4, 0.5) is 0 Å². The van der Waals surface area contributed by atoms with Crippen molar-refractivity contribution in [3.05, 3.63) is 60.4 Å². The molecule has 0 aliphatic heterocycles. The van der Waals surface area contributed by atoms with Crippen LogP contribution >= 0.6 is 0 Å². The molecule has 3 heterocycles. The summed E-state index contributed by atoms with van der Waals surface area (Å²) < 4.78 is 7.35. The Kier molecular flexibility index (Phi) is 2.99. The Hall–Kier alpha value is -2.56. The Labute approximate surface area is 128 Å². The van der Waals surface area contributed by atoms with Crippen LogP contribution < -0.4 is 0 Å². The second-order valence-corrected chi connectivity index (χ2v) is 5.73. The van der Waals surface area contributed by atoms with Crippen molar-refractivity contribution in [1.82, 2.24) is 14.3 Å². The van der Waals surface area contributed by atoms with Crippen LogP contribution in [0.25, 0.3) is 5.65 Å². The zero-order valence-electron chi connectivity index (χ0n) is 12.3. The van der Waals surface area contributed by atoms with E-state index in [1.165, 1.54) is 0 Å². The summed E-state index contributed by atoms with van der Waals surface area (Å²) in [6.07, 6.45) is 7.43. The van der Waals surface area contributed by atoms with E-state index in [4.69, 9.17) is 4.42 Å². The number of carbonyl (C=O) groups is 1. The monoisotopic (exact) mass is 295 g/mol. The van der Waals surface area contributed by atoms with Crippen molar-refractivity contribution in [2.24, 2.45) is 0 Å². The molecule has 1 fully saturated rings. The van der Waals surface area contributed by atoms with Gasteiger partial charge in [-0.15, -0.1) is 0 Å². The maximum atomic E-state index is 12.9. The van der Waals surface area contributed by atoms with E-state index in [1.807, 2.05) is 52.8 Å². The molecule has 1 aliphatic carbocycles. The van der Waals surface area contributed by atoms with Crippen molar-refractivity contribution in [3.63, 3.8) is 0 Å². The Bertz CT molecular complexity index is 769. The lowest BCUT2D eigenvalue weighted by Crippen LogP contribution is -2.35. The molecule has 1 unspecified atom stereocenters. The maximum absolute atomic E-state index is 12.9. The number of hydrogen-bond acceptors (Lipinski definition) is 3. The fraction of sp³-hybridized carbons (Fsp3) is 0.294. The van der Waals surface area contributed by atoms with Crippen LogP contribution in [0.3, 0.4) is 0 Å². The second-order valence-electron chi connectivity index (χ2n) is 5.73. The first-order valence-electron chi connectivity index (χ1n) is 7.54. The summed E-state index contributed by atoms with van der Waals surface area (Å²) in [7, 11) is 0. The van der Waals surface area contributed by atoms with Gasteiger partial charge in [0.2, 0.25) is 0 Å². The minimum atomic E-state index is -0.0835. The standard InChI is InChI=1S/C17H17N3O2/c1-12(15-5-4-10-22-15)20(13-7-8-13)17(21)14-11-19-9-3-2-6-16(19)18-14/h2-6,9-13H,7-8H2,1H3. The van der Waals surface area contributed by atoms with Crippen LogP contribution in [0.1, 0.15) is 42.1 Å². The molecule has 112 valence electrons. The average Bonchev–Trinajstić information content (AvgIpc) is 3.07. The molecule has 0 aromatic carbocycles. The van der Waals surface area contributed by atoms with Gasteiger partial charge in [0.25, 0.3) is 5.91 Å². The van der Waals surface area contributed by atoms with E-state index in [0.717, 1.165) is 24.2 Å². The summed E-state index contributed by atoms with van der Waals surface area (Å²) in [6, 6.07) is 9.71. The van der Waals surface area contributed by atoms with Gasteiger partial charge in [0, 0.05) is 18.4 Å². The predicted octanol–water partition coefficient (Wildman–Crippen LogP) is 3.29. The molecule has 22 heavy (non-hydrogen) atoms. The molecule has 5 nitrogen and oxygen atoms in total. The number of amides is 1. The number of nitrogens with zero attached hydrogens (tertiary/aromatic N) is 3. The zero-order chi connectivity index (χ0) is 15.1. The molecule has 1 aliphatic rings. The highest BCUT2D eigenvalue weighted by Crippen LogP contribution is 2.35. The lowest BCUT2D eigenvalue weighted by atomic mass is 10.2. The number of aromatic nitrogens is 2. The zero-order valence-corrected chi connectivity index (χ0v) is 12.3. The molecular weight excluding hydrogens is 278 g/mol. The third-order valence-corrected chi connectivity index (χ3v) is 4.13. The fourth-order valence-corrected chi connectivity index (χ4v) is 2.85. The largest absolute Gasteiger partial charge is 0.467 e.